The van der Waals surface area contributed by atoms with Crippen molar-refractivity contribution in [3.8, 4) is 40.3 Å². The Hall–Kier alpha value is -8.27. The third-order valence-electron chi connectivity index (χ3n) is 15.7. The first-order valence-electron chi connectivity index (χ1n) is 26.2. The van der Waals surface area contributed by atoms with E-state index in [1.807, 2.05) is 36.9 Å². The number of aromatic nitrogens is 8. The second kappa shape index (κ2) is 21.0. The van der Waals surface area contributed by atoms with E-state index < -0.39 is 29.5 Å². The zero-order chi connectivity index (χ0) is 56.7. The predicted molar refractivity (Wildman–Crippen MR) is 293 cm³/mol. The molecule has 0 aliphatic carbocycles. The van der Waals surface area contributed by atoms with Crippen LogP contribution in [0.3, 0.4) is 0 Å². The molecule has 81 heavy (non-hydrogen) atoms. The summed E-state index contributed by atoms with van der Waals surface area (Å²) in [5.41, 5.74) is 9.18. The molecule has 25 heteroatoms. The maximum absolute atomic E-state index is 16.8. The van der Waals surface area contributed by atoms with Crippen molar-refractivity contribution >= 4 is 77.5 Å². The van der Waals surface area contributed by atoms with Crippen molar-refractivity contribution in [2.24, 2.45) is 0 Å². The first-order valence-corrected chi connectivity index (χ1v) is 27.4. The molecular formula is C56H50ClF4N13O6S. The summed E-state index contributed by atoms with van der Waals surface area (Å²) in [5.74, 6) is -3.11. The molecule has 5 aliphatic rings. The number of tetrazole rings is 1. The van der Waals surface area contributed by atoms with E-state index in [4.69, 9.17) is 36.5 Å². The van der Waals surface area contributed by atoms with Crippen LogP contribution in [-0.2, 0) is 40.6 Å². The number of nitrogens with two attached hydrogens (primary N) is 1. The number of nitrogen functional groups attached to an aromatic ring is 1. The molecule has 416 valence electrons. The minimum Gasteiger partial charge on any atom is -0.482 e. The quantitative estimate of drug-likeness (QED) is 0.0771. The van der Waals surface area contributed by atoms with Gasteiger partial charge in [-0.15, -0.1) is 21.5 Å². The second-order valence-electron chi connectivity index (χ2n) is 20.7. The van der Waals surface area contributed by atoms with Gasteiger partial charge in [-0.1, -0.05) is 31.2 Å². The number of methoxy groups -OCH3 is 1. The number of benzene rings is 3. The molecule has 1 amide bonds. The van der Waals surface area contributed by atoms with Crippen LogP contribution in [0.5, 0.6) is 11.8 Å². The van der Waals surface area contributed by atoms with Gasteiger partial charge in [-0.25, -0.2) is 22.5 Å². The number of alkyl halides is 1. The summed E-state index contributed by atoms with van der Waals surface area (Å²) in [6.45, 7) is 10.1. The molecule has 19 nitrogen and oxygen atoms in total. The van der Waals surface area contributed by atoms with Crippen molar-refractivity contribution in [2.75, 3.05) is 50.5 Å². The van der Waals surface area contributed by atoms with Gasteiger partial charge in [-0.2, -0.15) is 20.0 Å². The van der Waals surface area contributed by atoms with Crippen LogP contribution >= 0.6 is 22.9 Å². The van der Waals surface area contributed by atoms with Crippen molar-refractivity contribution < 1.29 is 41.4 Å². The molecule has 3 fully saturated rings. The number of nitriles is 1. The molecule has 3 aromatic carbocycles. The maximum atomic E-state index is 16.8. The standard InChI is InChI=1S/C49H38ClF3N12O6S.C7H12FN/c1-5-25-27-13-35-41-24(18-64(35)47(67)30(27)19-71-48(25)68)10-23-11-36(33(52)14-34(23)56-41)70-20-37-59-61-65(60-37)16-21(2)46(66)62-8-9-63(22(3)17-62)45-28-12-31(50)39(40(53)42(28)57-49(58-45)69-4)26-6-7-32(51)43-38(26)29(15-54)44(55)72-43;8-6-4-7-2-1-3-9(7)5-6/h6-7,10-14,22,25H,2,5,8-9,16-20,55H2,1,3-4H3;6-7H,1-5H2. The van der Waals surface area contributed by atoms with Crippen LogP contribution < -0.4 is 25.7 Å². The molecule has 5 aromatic heterocycles. The lowest BCUT2D eigenvalue weighted by atomic mass is 9.90. The van der Waals surface area contributed by atoms with Crippen molar-refractivity contribution in [3.63, 3.8) is 0 Å². The molecule has 0 spiro atoms. The number of rotatable bonds is 10. The molecule has 5 aliphatic heterocycles. The number of esters is 1. The normalized spacial score (nSPS) is 19.2. The molecule has 0 saturated carbocycles. The topological polar surface area (TPSA) is 226 Å². The summed E-state index contributed by atoms with van der Waals surface area (Å²) >= 11 is 7.71. The number of ether oxygens (including phenoxy) is 3. The summed E-state index contributed by atoms with van der Waals surface area (Å²) < 4.78 is 78.1. The van der Waals surface area contributed by atoms with Crippen LogP contribution in [0.1, 0.15) is 73.5 Å². The number of piperazine rings is 1. The highest BCUT2D eigenvalue weighted by molar-refractivity contribution is 7.23. The molecule has 0 radical (unpaired) electrons. The number of thiophene rings is 1. The number of anilines is 2. The molecular weight excluding hydrogens is 1090 g/mol. The fraction of sp³-hybridized carbons (Fsp3) is 0.357. The number of amides is 1. The molecule has 2 N–H and O–H groups in total. The molecule has 10 heterocycles. The van der Waals surface area contributed by atoms with E-state index in [1.54, 1.807) is 9.47 Å². The number of hydrogen-bond acceptors (Lipinski definition) is 17. The van der Waals surface area contributed by atoms with Crippen LogP contribution in [0.2, 0.25) is 5.02 Å². The van der Waals surface area contributed by atoms with E-state index in [9.17, 15) is 28.4 Å². The molecule has 3 saturated heterocycles. The number of fused-ring (bicyclic) bond motifs is 8. The van der Waals surface area contributed by atoms with Crippen LogP contribution in [0.25, 0.3) is 54.4 Å². The Bertz CT molecular complexity index is 4060. The predicted octanol–water partition coefficient (Wildman–Crippen LogP) is 8.39. The first-order chi connectivity index (χ1) is 39.0. The van der Waals surface area contributed by atoms with Crippen LogP contribution in [0.4, 0.5) is 28.4 Å². The lowest BCUT2D eigenvalue weighted by molar-refractivity contribution is -0.148. The van der Waals surface area contributed by atoms with E-state index in [2.05, 4.69) is 36.9 Å². The van der Waals surface area contributed by atoms with Gasteiger partial charge in [0.15, 0.2) is 24.0 Å². The van der Waals surface area contributed by atoms with Crippen LogP contribution in [-0.4, -0.2) is 119 Å². The number of pyridine rings is 2. The number of cyclic esters (lactones) is 1. The minimum atomic E-state index is -0.842. The lowest BCUT2D eigenvalue weighted by Gasteiger charge is -2.41. The molecule has 8 aromatic rings. The molecule has 4 unspecified atom stereocenters. The van der Waals surface area contributed by atoms with Gasteiger partial charge in [0.1, 0.15) is 41.0 Å². The number of carbonyl (C=O) groups excluding carboxylic acids is 2. The second-order valence-corrected chi connectivity index (χ2v) is 22.1. The number of halogens is 5. The third-order valence-corrected chi connectivity index (χ3v) is 17.1. The van der Waals surface area contributed by atoms with E-state index in [0.717, 1.165) is 35.9 Å². The zero-order valence-corrected chi connectivity index (χ0v) is 45.5. The van der Waals surface area contributed by atoms with Crippen molar-refractivity contribution in [2.45, 2.75) is 90.0 Å². The summed E-state index contributed by atoms with van der Waals surface area (Å²) in [4.78, 5) is 60.4. The van der Waals surface area contributed by atoms with Gasteiger partial charge in [-0.3, -0.25) is 19.3 Å². The van der Waals surface area contributed by atoms with Crippen molar-refractivity contribution in [1.82, 2.24) is 49.5 Å². The van der Waals surface area contributed by atoms with Gasteiger partial charge in [0.25, 0.3) is 11.5 Å². The Morgan fingerprint density at radius 2 is 1.89 bits per heavy atom. The van der Waals surface area contributed by atoms with Gasteiger partial charge in [0.05, 0.1) is 63.9 Å². The maximum Gasteiger partial charge on any atom is 0.318 e. The highest BCUT2D eigenvalue weighted by Crippen LogP contribution is 2.46. The summed E-state index contributed by atoms with van der Waals surface area (Å²) in [6, 6.07) is 12.5. The monoisotopic (exact) mass is 1140 g/mol. The Morgan fingerprint density at radius 3 is 2.65 bits per heavy atom. The number of nitrogens with zero attached hydrogens (tertiary/aromatic N) is 12. The van der Waals surface area contributed by atoms with Gasteiger partial charge < -0.3 is 34.3 Å². The average Bonchev–Trinajstić information content (AvgIpc) is 4.50. The summed E-state index contributed by atoms with van der Waals surface area (Å²) in [5, 5.41) is 23.3. The fourth-order valence-corrected chi connectivity index (χ4v) is 13.1. The number of carbonyl (C=O) groups is 2. The van der Waals surface area contributed by atoms with E-state index >= 15 is 8.78 Å². The van der Waals surface area contributed by atoms with Crippen LogP contribution in [0.15, 0.2) is 59.4 Å². The Labute approximate surface area is 468 Å². The van der Waals surface area contributed by atoms with E-state index in [1.165, 1.54) is 49.0 Å². The molecule has 4 atom stereocenters. The molecule has 13 rings (SSSR count). The average molecular weight is 1140 g/mol. The Balaban J connectivity index is 0.000000655. The zero-order valence-electron chi connectivity index (χ0n) is 43.9. The number of hydrogen-bond donors (Lipinski definition) is 1. The van der Waals surface area contributed by atoms with Gasteiger partial charge in [-0.05, 0) is 85.8 Å². The fourth-order valence-electron chi connectivity index (χ4n) is 11.8. The lowest BCUT2D eigenvalue weighted by Crippen LogP contribution is -2.54. The SMILES string of the molecule is C=C(Cn1nnc(COc2cc3cc4c(nc3cc2F)-c2cc3c(c(=O)n2C4)COC(=O)C3CC)n1)C(=O)N1CCN(c2nc(OC)nc3c(F)c(-c4ccc(F)c5sc(N)c(C#N)c45)c(Cl)cc23)C(C)C1.FC1CC2CCCN2C1. The highest BCUT2D eigenvalue weighted by atomic mass is 35.5. The van der Waals surface area contributed by atoms with Gasteiger partial charge >= 0.3 is 12.0 Å². The van der Waals surface area contributed by atoms with Crippen molar-refractivity contribution in [1.29, 1.82) is 5.26 Å². The van der Waals surface area contributed by atoms with Gasteiger partial charge in [0, 0.05) is 77.2 Å². The minimum absolute atomic E-state index is 0.00656. The van der Waals surface area contributed by atoms with E-state index in [-0.39, 0.29) is 140 Å². The Morgan fingerprint density at radius 1 is 1.06 bits per heavy atom. The van der Waals surface area contributed by atoms with Gasteiger partial charge in [0.2, 0.25) is 5.82 Å². The van der Waals surface area contributed by atoms with E-state index in [0.29, 0.717) is 58.2 Å². The Kier molecular flexibility index (Phi) is 13.8. The summed E-state index contributed by atoms with van der Waals surface area (Å²) in [7, 11) is 1.34. The third kappa shape index (κ3) is 9.39. The molecule has 0 bridgehead atoms. The highest BCUT2D eigenvalue weighted by Gasteiger charge is 2.37. The first kappa shape index (κ1) is 53.4. The smallest absolute Gasteiger partial charge is 0.318 e. The van der Waals surface area contributed by atoms with Crippen molar-refractivity contribution in [3.05, 3.63) is 116 Å². The van der Waals surface area contributed by atoms with Crippen LogP contribution in [0, 0.1) is 28.8 Å². The summed E-state index contributed by atoms with van der Waals surface area (Å²) in [6.07, 6.45) is 3.29. The largest absolute Gasteiger partial charge is 0.482 e.